The Bertz CT molecular complexity index is 1310. The van der Waals surface area contributed by atoms with Gasteiger partial charge in [-0.05, 0) is 74.6 Å². The maximum Gasteiger partial charge on any atom is 0.322 e. The van der Waals surface area contributed by atoms with Crippen LogP contribution in [0.5, 0.6) is 0 Å². The molecule has 2 aromatic heterocycles. The van der Waals surface area contributed by atoms with Gasteiger partial charge in [0.15, 0.2) is 14.9 Å². The summed E-state index contributed by atoms with van der Waals surface area (Å²) in [5.41, 5.74) is 3.04. The maximum absolute atomic E-state index is 13.6. The van der Waals surface area contributed by atoms with E-state index in [2.05, 4.69) is 15.4 Å². The van der Waals surface area contributed by atoms with Crippen LogP contribution in [0.2, 0.25) is 0 Å². The summed E-state index contributed by atoms with van der Waals surface area (Å²) in [4.78, 5) is 19.3. The van der Waals surface area contributed by atoms with Crippen molar-refractivity contribution in [2.24, 2.45) is 0 Å². The quantitative estimate of drug-likeness (QED) is 0.535. The number of aromatic nitrogens is 3. The van der Waals surface area contributed by atoms with E-state index in [1.54, 1.807) is 34.0 Å². The van der Waals surface area contributed by atoms with E-state index < -0.39 is 9.84 Å². The molecule has 10 heteroatoms. The first-order valence-electron chi connectivity index (χ1n) is 11.8. The second kappa shape index (κ2) is 10.2. The average Bonchev–Trinajstić information content (AvgIpc) is 3.14. The summed E-state index contributed by atoms with van der Waals surface area (Å²) in [5.74, 6) is -0.321. The number of pyridine rings is 1. The Hall–Kier alpha value is -3.27. The number of carbonyl (C=O) groups excluding carboxylic acids is 1. The van der Waals surface area contributed by atoms with Gasteiger partial charge in [-0.3, -0.25) is 4.90 Å². The third-order valence-corrected chi connectivity index (χ3v) is 7.27. The zero-order chi connectivity index (χ0) is 25.2. The number of amides is 2. The molecular formula is C25H30FN5O3S. The number of urea groups is 1. The fraction of sp³-hybridized carbons (Fsp3) is 0.400. The molecule has 0 unspecified atom stereocenters. The van der Waals surface area contributed by atoms with Gasteiger partial charge < -0.3 is 5.32 Å². The SMILES string of the molecule is CCC[C@H](NC(=O)N1c2cnn(-c3ccc(F)cc3)c2CCC[C@@H]1C)c1ccnc(S(C)(=O)=O)c1. The summed E-state index contributed by atoms with van der Waals surface area (Å²) in [5, 5.41) is 7.62. The number of halogens is 1. The number of carbonyl (C=O) groups is 1. The molecule has 186 valence electrons. The van der Waals surface area contributed by atoms with Crippen LogP contribution in [0.4, 0.5) is 14.9 Å². The van der Waals surface area contributed by atoms with Crippen LogP contribution >= 0.6 is 0 Å². The first kappa shape index (κ1) is 24.8. The van der Waals surface area contributed by atoms with Gasteiger partial charge in [0, 0.05) is 18.5 Å². The number of rotatable bonds is 6. The Balaban J connectivity index is 1.66. The minimum Gasteiger partial charge on any atom is -0.331 e. The number of benzene rings is 1. The van der Waals surface area contributed by atoms with Crippen LogP contribution < -0.4 is 10.2 Å². The molecule has 2 atom stereocenters. The molecule has 1 aliphatic heterocycles. The summed E-state index contributed by atoms with van der Waals surface area (Å²) in [6.45, 7) is 4.02. The van der Waals surface area contributed by atoms with Gasteiger partial charge in [-0.2, -0.15) is 5.10 Å². The first-order valence-corrected chi connectivity index (χ1v) is 13.7. The zero-order valence-electron chi connectivity index (χ0n) is 20.1. The van der Waals surface area contributed by atoms with E-state index in [9.17, 15) is 17.6 Å². The Morgan fingerprint density at radius 2 is 2.00 bits per heavy atom. The molecule has 35 heavy (non-hydrogen) atoms. The molecule has 0 bridgehead atoms. The monoisotopic (exact) mass is 499 g/mol. The van der Waals surface area contributed by atoms with Crippen LogP contribution in [0.3, 0.4) is 0 Å². The number of nitrogens with one attached hydrogen (secondary N) is 1. The van der Waals surface area contributed by atoms with Gasteiger partial charge in [0.2, 0.25) is 0 Å². The molecule has 0 radical (unpaired) electrons. The van der Waals surface area contributed by atoms with Gasteiger partial charge in [-0.1, -0.05) is 13.3 Å². The topological polar surface area (TPSA) is 97.2 Å². The van der Waals surface area contributed by atoms with Gasteiger partial charge in [-0.25, -0.2) is 27.3 Å². The highest BCUT2D eigenvalue weighted by molar-refractivity contribution is 7.90. The van der Waals surface area contributed by atoms with Crippen LogP contribution in [0.25, 0.3) is 5.69 Å². The highest BCUT2D eigenvalue weighted by Crippen LogP contribution is 2.32. The van der Waals surface area contributed by atoms with Crippen molar-refractivity contribution in [2.45, 2.75) is 63.1 Å². The zero-order valence-corrected chi connectivity index (χ0v) is 20.9. The molecule has 1 N–H and O–H groups in total. The predicted octanol–water partition coefficient (Wildman–Crippen LogP) is 4.59. The normalized spacial score (nSPS) is 16.9. The van der Waals surface area contributed by atoms with Crippen molar-refractivity contribution < 1.29 is 17.6 Å². The van der Waals surface area contributed by atoms with E-state index in [0.29, 0.717) is 12.0 Å². The molecule has 3 aromatic rings. The number of hydrogen-bond acceptors (Lipinski definition) is 5. The van der Waals surface area contributed by atoms with Crippen molar-refractivity contribution in [2.75, 3.05) is 11.2 Å². The molecule has 4 rings (SSSR count). The Morgan fingerprint density at radius 3 is 2.69 bits per heavy atom. The van der Waals surface area contributed by atoms with Gasteiger partial charge in [0.1, 0.15) is 5.82 Å². The molecule has 0 saturated heterocycles. The maximum atomic E-state index is 13.6. The largest absolute Gasteiger partial charge is 0.331 e. The lowest BCUT2D eigenvalue weighted by Crippen LogP contribution is -2.46. The number of sulfone groups is 1. The Kier molecular flexibility index (Phi) is 7.20. The van der Waals surface area contributed by atoms with Gasteiger partial charge in [-0.15, -0.1) is 0 Å². The molecule has 0 fully saturated rings. The van der Waals surface area contributed by atoms with Crippen molar-refractivity contribution in [3.05, 3.63) is 65.9 Å². The van der Waals surface area contributed by atoms with Gasteiger partial charge >= 0.3 is 6.03 Å². The van der Waals surface area contributed by atoms with E-state index in [-0.39, 0.29) is 29.0 Å². The fourth-order valence-corrected chi connectivity index (χ4v) is 5.12. The number of anilines is 1. The number of nitrogens with zero attached hydrogens (tertiary/aromatic N) is 4. The predicted molar refractivity (Wildman–Crippen MR) is 132 cm³/mol. The summed E-state index contributed by atoms with van der Waals surface area (Å²) in [7, 11) is -3.47. The highest BCUT2D eigenvalue weighted by Gasteiger charge is 2.31. The fourth-order valence-electron chi connectivity index (χ4n) is 4.52. The van der Waals surface area contributed by atoms with Crippen molar-refractivity contribution >= 4 is 21.6 Å². The van der Waals surface area contributed by atoms with Crippen molar-refractivity contribution in [1.82, 2.24) is 20.1 Å². The van der Waals surface area contributed by atoms with Gasteiger partial charge in [0.05, 0.1) is 29.3 Å². The second-order valence-corrected chi connectivity index (χ2v) is 10.9. The van der Waals surface area contributed by atoms with E-state index in [4.69, 9.17) is 0 Å². The van der Waals surface area contributed by atoms with Crippen LogP contribution in [-0.4, -0.2) is 41.5 Å². The van der Waals surface area contributed by atoms with Crippen molar-refractivity contribution in [3.63, 3.8) is 0 Å². The van der Waals surface area contributed by atoms with E-state index in [0.717, 1.165) is 49.0 Å². The molecule has 0 spiro atoms. The van der Waals surface area contributed by atoms with Crippen LogP contribution in [0.15, 0.2) is 53.8 Å². The minimum absolute atomic E-state index is 0.0173. The first-order chi connectivity index (χ1) is 16.7. The molecule has 0 aliphatic carbocycles. The average molecular weight is 500 g/mol. The standard InChI is InChI=1S/C25H30FN5O3S/c1-4-6-21(18-13-14-27-24(15-18)35(3,33)34)29-25(32)30-17(2)7-5-8-22-23(30)16-28-31(22)20-11-9-19(26)10-12-20/h9-17,21H,4-8H2,1-3H3,(H,29,32)/t17-,21-/m0/s1. The molecule has 0 saturated carbocycles. The molecular weight excluding hydrogens is 469 g/mol. The molecule has 1 aromatic carbocycles. The van der Waals surface area contributed by atoms with Crippen LogP contribution in [0, 0.1) is 5.82 Å². The molecule has 2 amide bonds. The van der Waals surface area contributed by atoms with Crippen molar-refractivity contribution in [1.29, 1.82) is 0 Å². The molecule has 1 aliphatic rings. The minimum atomic E-state index is -3.47. The third kappa shape index (κ3) is 5.37. The third-order valence-electron chi connectivity index (χ3n) is 6.29. The van der Waals surface area contributed by atoms with E-state index in [1.807, 2.05) is 13.8 Å². The van der Waals surface area contributed by atoms with E-state index in [1.165, 1.54) is 24.4 Å². The smallest absolute Gasteiger partial charge is 0.322 e. The summed E-state index contributed by atoms with van der Waals surface area (Å²) < 4.78 is 39.2. The van der Waals surface area contributed by atoms with E-state index >= 15 is 0 Å². The lowest BCUT2D eigenvalue weighted by Gasteiger charge is -2.30. The lowest BCUT2D eigenvalue weighted by molar-refractivity contribution is 0.239. The Morgan fingerprint density at radius 1 is 1.26 bits per heavy atom. The molecule has 8 nitrogen and oxygen atoms in total. The van der Waals surface area contributed by atoms with Crippen molar-refractivity contribution in [3.8, 4) is 5.69 Å². The summed E-state index contributed by atoms with van der Waals surface area (Å²) in [6.07, 6.45) is 8.13. The summed E-state index contributed by atoms with van der Waals surface area (Å²) >= 11 is 0. The lowest BCUT2D eigenvalue weighted by atomic mass is 10.0. The van der Waals surface area contributed by atoms with Crippen LogP contribution in [-0.2, 0) is 16.3 Å². The number of fused-ring (bicyclic) bond motifs is 1. The summed E-state index contributed by atoms with van der Waals surface area (Å²) in [6, 6.07) is 8.68. The molecule has 3 heterocycles. The van der Waals surface area contributed by atoms with Crippen LogP contribution in [0.1, 0.15) is 56.8 Å². The number of hydrogen-bond donors (Lipinski definition) is 1. The Labute approximate surface area is 205 Å². The second-order valence-electron chi connectivity index (χ2n) is 8.97. The van der Waals surface area contributed by atoms with Gasteiger partial charge in [0.25, 0.3) is 0 Å². The highest BCUT2D eigenvalue weighted by atomic mass is 32.2.